The van der Waals surface area contributed by atoms with Gasteiger partial charge in [0.25, 0.3) is 0 Å². The second-order valence-corrected chi connectivity index (χ2v) is 4.40. The molecule has 1 fully saturated rings. The lowest BCUT2D eigenvalue weighted by Crippen LogP contribution is -2.33. The largest absolute Gasteiger partial charge is 0.490 e. The third-order valence-corrected chi connectivity index (χ3v) is 3.21. The van der Waals surface area contributed by atoms with Gasteiger partial charge in [-0.2, -0.15) is 0 Å². The van der Waals surface area contributed by atoms with Crippen LogP contribution in [0.25, 0.3) is 0 Å². The summed E-state index contributed by atoms with van der Waals surface area (Å²) in [7, 11) is 0. The summed E-state index contributed by atoms with van der Waals surface area (Å²) in [6.07, 6.45) is 7.38. The number of hydrogen-bond donors (Lipinski definition) is 1. The van der Waals surface area contributed by atoms with E-state index in [0.717, 1.165) is 24.8 Å². The normalized spacial score (nSPS) is 24.6. The quantitative estimate of drug-likeness (QED) is 0.826. The smallest absolute Gasteiger partial charge is 0.137 e. The van der Waals surface area contributed by atoms with Crippen LogP contribution >= 0.6 is 0 Å². The highest BCUT2D eigenvalue weighted by Crippen LogP contribution is 2.21. The van der Waals surface area contributed by atoms with Crippen molar-refractivity contribution in [2.75, 3.05) is 13.2 Å². The Morgan fingerprint density at radius 2 is 2.50 bits per heavy atom. The van der Waals surface area contributed by atoms with Crippen molar-refractivity contribution in [2.45, 2.75) is 32.2 Å². The SMILES string of the molecule is CCC[C@@H]1CCN[C@@H]1COc1cccnc1. The molecule has 1 aromatic heterocycles. The van der Waals surface area contributed by atoms with E-state index in [1.807, 2.05) is 12.1 Å². The molecule has 2 atom stereocenters. The molecule has 3 heteroatoms. The van der Waals surface area contributed by atoms with Gasteiger partial charge in [-0.1, -0.05) is 13.3 Å². The predicted molar refractivity (Wildman–Crippen MR) is 64.5 cm³/mol. The Balaban J connectivity index is 1.81. The fourth-order valence-electron chi connectivity index (χ4n) is 2.35. The number of rotatable bonds is 5. The van der Waals surface area contributed by atoms with E-state index in [1.54, 1.807) is 12.4 Å². The Bertz CT molecular complexity index is 302. The van der Waals surface area contributed by atoms with Gasteiger partial charge in [-0.15, -0.1) is 0 Å². The van der Waals surface area contributed by atoms with Crippen molar-refractivity contribution in [3.8, 4) is 5.75 Å². The van der Waals surface area contributed by atoms with E-state index in [2.05, 4.69) is 17.2 Å². The van der Waals surface area contributed by atoms with Crippen LogP contribution in [0.1, 0.15) is 26.2 Å². The van der Waals surface area contributed by atoms with Gasteiger partial charge < -0.3 is 10.1 Å². The number of hydrogen-bond acceptors (Lipinski definition) is 3. The molecule has 1 aliphatic heterocycles. The highest BCUT2D eigenvalue weighted by atomic mass is 16.5. The summed E-state index contributed by atoms with van der Waals surface area (Å²) in [6, 6.07) is 4.37. The molecule has 2 rings (SSSR count). The van der Waals surface area contributed by atoms with Crippen LogP contribution in [0.5, 0.6) is 5.75 Å². The van der Waals surface area contributed by atoms with Gasteiger partial charge >= 0.3 is 0 Å². The molecule has 1 N–H and O–H groups in total. The highest BCUT2D eigenvalue weighted by molar-refractivity contribution is 5.15. The maximum Gasteiger partial charge on any atom is 0.137 e. The number of nitrogens with zero attached hydrogens (tertiary/aromatic N) is 1. The molecule has 0 unspecified atom stereocenters. The van der Waals surface area contributed by atoms with Crippen LogP contribution in [0.15, 0.2) is 24.5 Å². The minimum absolute atomic E-state index is 0.514. The lowest BCUT2D eigenvalue weighted by Gasteiger charge is -2.19. The molecule has 2 heterocycles. The van der Waals surface area contributed by atoms with Crippen LogP contribution in [0, 0.1) is 5.92 Å². The van der Waals surface area contributed by atoms with Crippen LogP contribution in [0.2, 0.25) is 0 Å². The van der Waals surface area contributed by atoms with Gasteiger partial charge in [-0.25, -0.2) is 0 Å². The first-order valence-electron chi connectivity index (χ1n) is 6.16. The van der Waals surface area contributed by atoms with Crippen LogP contribution in [0.4, 0.5) is 0 Å². The molecule has 16 heavy (non-hydrogen) atoms. The predicted octanol–water partition coefficient (Wildman–Crippen LogP) is 2.24. The zero-order valence-electron chi connectivity index (χ0n) is 9.86. The van der Waals surface area contributed by atoms with Gasteiger partial charge in [0.1, 0.15) is 12.4 Å². The van der Waals surface area contributed by atoms with Crippen molar-refractivity contribution in [1.82, 2.24) is 10.3 Å². The zero-order valence-corrected chi connectivity index (χ0v) is 9.86. The topological polar surface area (TPSA) is 34.1 Å². The Hall–Kier alpha value is -1.09. The highest BCUT2D eigenvalue weighted by Gasteiger charge is 2.26. The van der Waals surface area contributed by atoms with E-state index in [0.29, 0.717) is 6.04 Å². The van der Waals surface area contributed by atoms with Crippen LogP contribution < -0.4 is 10.1 Å². The third-order valence-electron chi connectivity index (χ3n) is 3.21. The van der Waals surface area contributed by atoms with Gasteiger partial charge in [0, 0.05) is 12.2 Å². The average Bonchev–Trinajstić information content (AvgIpc) is 2.76. The minimum Gasteiger partial charge on any atom is -0.490 e. The van der Waals surface area contributed by atoms with Gasteiger partial charge in [0.05, 0.1) is 6.20 Å². The molecule has 1 aliphatic rings. The molecule has 0 bridgehead atoms. The molecule has 0 aromatic carbocycles. The van der Waals surface area contributed by atoms with E-state index >= 15 is 0 Å². The molecular formula is C13H20N2O. The summed E-state index contributed by atoms with van der Waals surface area (Å²) in [5, 5.41) is 3.52. The summed E-state index contributed by atoms with van der Waals surface area (Å²) in [6.45, 7) is 4.14. The van der Waals surface area contributed by atoms with Crippen molar-refractivity contribution >= 4 is 0 Å². The molecule has 0 radical (unpaired) electrons. The van der Waals surface area contributed by atoms with Crippen molar-refractivity contribution in [2.24, 2.45) is 5.92 Å². The van der Waals surface area contributed by atoms with Gasteiger partial charge in [0.2, 0.25) is 0 Å². The van der Waals surface area contributed by atoms with Crippen LogP contribution in [-0.2, 0) is 0 Å². The average molecular weight is 220 g/mol. The molecule has 0 saturated carbocycles. The zero-order chi connectivity index (χ0) is 11.2. The molecule has 0 amide bonds. The lowest BCUT2D eigenvalue weighted by atomic mass is 9.96. The molecule has 1 aromatic rings. The van der Waals surface area contributed by atoms with Crippen LogP contribution in [-0.4, -0.2) is 24.2 Å². The fourth-order valence-corrected chi connectivity index (χ4v) is 2.35. The Morgan fingerprint density at radius 1 is 1.56 bits per heavy atom. The van der Waals surface area contributed by atoms with E-state index in [4.69, 9.17) is 4.74 Å². The number of aromatic nitrogens is 1. The summed E-state index contributed by atoms with van der Waals surface area (Å²) in [4.78, 5) is 4.04. The fraction of sp³-hybridized carbons (Fsp3) is 0.615. The van der Waals surface area contributed by atoms with Crippen molar-refractivity contribution in [1.29, 1.82) is 0 Å². The Labute approximate surface area is 97.2 Å². The van der Waals surface area contributed by atoms with Crippen molar-refractivity contribution in [3.05, 3.63) is 24.5 Å². The van der Waals surface area contributed by atoms with Crippen LogP contribution in [0.3, 0.4) is 0 Å². The Morgan fingerprint density at radius 3 is 3.25 bits per heavy atom. The number of ether oxygens (including phenoxy) is 1. The van der Waals surface area contributed by atoms with Gasteiger partial charge in [-0.05, 0) is 37.4 Å². The van der Waals surface area contributed by atoms with E-state index in [1.165, 1.54) is 19.3 Å². The molecule has 0 spiro atoms. The summed E-state index contributed by atoms with van der Waals surface area (Å²) < 4.78 is 5.74. The standard InChI is InChI=1S/C13H20N2O/c1-2-4-11-6-8-15-13(11)10-16-12-5-3-7-14-9-12/h3,5,7,9,11,13,15H,2,4,6,8,10H2,1H3/t11-,13-/m1/s1. The second-order valence-electron chi connectivity index (χ2n) is 4.40. The molecule has 0 aliphatic carbocycles. The summed E-state index contributed by atoms with van der Waals surface area (Å²) >= 11 is 0. The van der Waals surface area contributed by atoms with E-state index in [-0.39, 0.29) is 0 Å². The van der Waals surface area contributed by atoms with Gasteiger partial charge in [-0.3, -0.25) is 4.98 Å². The summed E-state index contributed by atoms with van der Waals surface area (Å²) in [5.41, 5.74) is 0. The van der Waals surface area contributed by atoms with Crippen molar-refractivity contribution in [3.63, 3.8) is 0 Å². The molecule has 88 valence electrons. The summed E-state index contributed by atoms with van der Waals surface area (Å²) in [5.74, 6) is 1.65. The van der Waals surface area contributed by atoms with E-state index in [9.17, 15) is 0 Å². The lowest BCUT2D eigenvalue weighted by molar-refractivity contribution is 0.241. The molecular weight excluding hydrogens is 200 g/mol. The first-order chi connectivity index (χ1) is 7.90. The maximum atomic E-state index is 5.74. The van der Waals surface area contributed by atoms with E-state index < -0.39 is 0 Å². The monoisotopic (exact) mass is 220 g/mol. The Kier molecular flexibility index (Phi) is 4.17. The minimum atomic E-state index is 0.514. The number of nitrogens with one attached hydrogen (secondary N) is 1. The molecule has 3 nitrogen and oxygen atoms in total. The molecule has 1 saturated heterocycles. The third kappa shape index (κ3) is 2.95. The van der Waals surface area contributed by atoms with Gasteiger partial charge in [0.15, 0.2) is 0 Å². The van der Waals surface area contributed by atoms with Crippen molar-refractivity contribution < 1.29 is 4.74 Å². The first kappa shape index (κ1) is 11.4. The maximum absolute atomic E-state index is 5.74. The first-order valence-corrected chi connectivity index (χ1v) is 6.16. The second kappa shape index (κ2) is 5.85. The number of pyridine rings is 1.